The molecule has 1 aromatic carbocycles. The SMILES string of the molecule is Cc1ccc(S(=O)(=O)Nc2ccc(F)cc2C#CCN)s1. The lowest BCUT2D eigenvalue weighted by Crippen LogP contribution is -2.12. The van der Waals surface area contributed by atoms with E-state index in [1.54, 1.807) is 6.07 Å². The molecule has 2 rings (SSSR count). The quantitative estimate of drug-likeness (QED) is 0.851. The maximum Gasteiger partial charge on any atom is 0.271 e. The van der Waals surface area contributed by atoms with E-state index in [1.165, 1.54) is 24.3 Å². The van der Waals surface area contributed by atoms with Crippen molar-refractivity contribution in [2.75, 3.05) is 11.3 Å². The van der Waals surface area contributed by atoms with Crippen LogP contribution in [-0.4, -0.2) is 15.0 Å². The van der Waals surface area contributed by atoms with Crippen LogP contribution in [0.25, 0.3) is 0 Å². The number of benzene rings is 1. The fourth-order valence-corrected chi connectivity index (χ4v) is 3.97. The van der Waals surface area contributed by atoms with Crippen molar-refractivity contribution in [1.82, 2.24) is 0 Å². The first-order chi connectivity index (χ1) is 9.92. The number of hydrogen-bond acceptors (Lipinski definition) is 4. The molecule has 0 saturated carbocycles. The summed E-state index contributed by atoms with van der Waals surface area (Å²) in [5.41, 5.74) is 5.75. The van der Waals surface area contributed by atoms with Crippen LogP contribution < -0.4 is 10.5 Å². The Labute approximate surface area is 126 Å². The summed E-state index contributed by atoms with van der Waals surface area (Å²) in [7, 11) is -3.71. The lowest BCUT2D eigenvalue weighted by molar-refractivity contribution is 0.603. The molecule has 0 amide bonds. The first-order valence-corrected chi connectivity index (χ1v) is 8.30. The van der Waals surface area contributed by atoms with Crippen molar-refractivity contribution < 1.29 is 12.8 Å². The molecule has 0 fully saturated rings. The summed E-state index contributed by atoms with van der Waals surface area (Å²) in [5, 5.41) is 0. The van der Waals surface area contributed by atoms with Crippen LogP contribution in [0.5, 0.6) is 0 Å². The standard InChI is InChI=1S/C14H13FN2O2S2/c1-10-4-7-14(20-10)21(18,19)17-13-6-5-12(15)9-11(13)3-2-8-16/h4-7,9,17H,8,16H2,1H3. The predicted molar refractivity (Wildman–Crippen MR) is 82.2 cm³/mol. The van der Waals surface area contributed by atoms with E-state index in [9.17, 15) is 12.8 Å². The summed E-state index contributed by atoms with van der Waals surface area (Å²) >= 11 is 1.16. The summed E-state index contributed by atoms with van der Waals surface area (Å²) in [6.07, 6.45) is 0. The number of sulfonamides is 1. The highest BCUT2D eigenvalue weighted by Crippen LogP contribution is 2.25. The second-order valence-corrected chi connectivity index (χ2v) is 7.36. The smallest absolute Gasteiger partial charge is 0.271 e. The Balaban J connectivity index is 2.39. The molecule has 0 bridgehead atoms. The zero-order chi connectivity index (χ0) is 15.5. The highest BCUT2D eigenvalue weighted by atomic mass is 32.2. The van der Waals surface area contributed by atoms with Gasteiger partial charge in [-0.1, -0.05) is 11.8 Å². The highest BCUT2D eigenvalue weighted by Gasteiger charge is 2.17. The van der Waals surface area contributed by atoms with Gasteiger partial charge in [-0.25, -0.2) is 12.8 Å². The van der Waals surface area contributed by atoms with Crippen molar-refractivity contribution >= 4 is 27.0 Å². The van der Waals surface area contributed by atoms with Gasteiger partial charge in [0, 0.05) is 4.88 Å². The lowest BCUT2D eigenvalue weighted by Gasteiger charge is -2.08. The average molecular weight is 324 g/mol. The zero-order valence-electron chi connectivity index (χ0n) is 11.2. The molecule has 1 heterocycles. The Morgan fingerprint density at radius 1 is 1.33 bits per heavy atom. The fraction of sp³-hybridized carbons (Fsp3) is 0.143. The largest absolute Gasteiger partial charge is 0.320 e. The Hall–Kier alpha value is -1.88. The number of hydrogen-bond donors (Lipinski definition) is 2. The molecular weight excluding hydrogens is 311 g/mol. The Bertz CT molecular complexity index is 817. The third kappa shape index (κ3) is 3.82. The zero-order valence-corrected chi connectivity index (χ0v) is 12.8. The number of nitrogens with one attached hydrogen (secondary N) is 1. The molecule has 2 aromatic rings. The van der Waals surface area contributed by atoms with E-state index in [0.29, 0.717) is 0 Å². The van der Waals surface area contributed by atoms with Crippen LogP contribution in [-0.2, 0) is 10.0 Å². The van der Waals surface area contributed by atoms with Crippen molar-refractivity contribution in [3.8, 4) is 11.8 Å². The van der Waals surface area contributed by atoms with E-state index in [4.69, 9.17) is 5.73 Å². The summed E-state index contributed by atoms with van der Waals surface area (Å²) in [6, 6.07) is 6.93. The monoisotopic (exact) mass is 324 g/mol. The molecule has 3 N–H and O–H groups in total. The molecule has 0 aliphatic carbocycles. The van der Waals surface area contributed by atoms with Gasteiger partial charge >= 0.3 is 0 Å². The number of rotatable bonds is 3. The number of anilines is 1. The maximum absolute atomic E-state index is 13.3. The topological polar surface area (TPSA) is 72.2 Å². The number of nitrogens with two attached hydrogens (primary N) is 1. The molecule has 0 spiro atoms. The number of thiophene rings is 1. The van der Waals surface area contributed by atoms with Gasteiger partial charge in [-0.2, -0.15) is 0 Å². The first-order valence-electron chi connectivity index (χ1n) is 6.00. The second-order valence-electron chi connectivity index (χ2n) is 4.17. The predicted octanol–water partition coefficient (Wildman–Crippen LogP) is 2.31. The van der Waals surface area contributed by atoms with Crippen LogP contribution in [0.15, 0.2) is 34.5 Å². The molecule has 0 saturated heterocycles. The van der Waals surface area contributed by atoms with Crippen molar-refractivity contribution in [3.05, 3.63) is 46.6 Å². The second kappa shape index (κ2) is 6.26. The lowest BCUT2D eigenvalue weighted by atomic mass is 10.2. The van der Waals surface area contributed by atoms with Gasteiger partial charge in [0.25, 0.3) is 10.0 Å². The third-order valence-electron chi connectivity index (χ3n) is 2.53. The van der Waals surface area contributed by atoms with Crippen LogP contribution in [0.4, 0.5) is 10.1 Å². The third-order valence-corrected chi connectivity index (χ3v) is 5.39. The van der Waals surface area contributed by atoms with Crippen molar-refractivity contribution in [2.45, 2.75) is 11.1 Å². The minimum Gasteiger partial charge on any atom is -0.320 e. The molecule has 110 valence electrons. The molecule has 0 unspecified atom stereocenters. The van der Waals surface area contributed by atoms with Crippen LogP contribution in [0.2, 0.25) is 0 Å². The molecule has 7 heteroatoms. The molecule has 0 radical (unpaired) electrons. The van der Waals surface area contributed by atoms with Crippen LogP contribution in [0.1, 0.15) is 10.4 Å². The van der Waals surface area contributed by atoms with Gasteiger partial charge in [0.2, 0.25) is 0 Å². The van der Waals surface area contributed by atoms with Crippen LogP contribution in [0.3, 0.4) is 0 Å². The molecular formula is C14H13FN2O2S2. The molecule has 4 nitrogen and oxygen atoms in total. The number of halogens is 1. The van der Waals surface area contributed by atoms with E-state index in [2.05, 4.69) is 16.6 Å². The number of aryl methyl sites for hydroxylation is 1. The van der Waals surface area contributed by atoms with Crippen LogP contribution in [0, 0.1) is 24.6 Å². The summed E-state index contributed by atoms with van der Waals surface area (Å²) in [5.74, 6) is 4.74. The molecule has 0 aliphatic heterocycles. The normalized spacial score (nSPS) is 10.8. The van der Waals surface area contributed by atoms with Gasteiger partial charge in [0.1, 0.15) is 10.0 Å². The van der Waals surface area contributed by atoms with Crippen LogP contribution >= 0.6 is 11.3 Å². The minimum atomic E-state index is -3.71. The van der Waals surface area contributed by atoms with E-state index in [0.717, 1.165) is 16.2 Å². The van der Waals surface area contributed by atoms with Crippen molar-refractivity contribution in [3.63, 3.8) is 0 Å². The highest BCUT2D eigenvalue weighted by molar-refractivity contribution is 7.94. The summed E-state index contributed by atoms with van der Waals surface area (Å²) < 4.78 is 40.4. The summed E-state index contributed by atoms with van der Waals surface area (Å²) in [4.78, 5) is 0.887. The Kier molecular flexibility index (Phi) is 4.63. The first kappa shape index (κ1) is 15.5. The van der Waals surface area contributed by atoms with Gasteiger partial charge in [-0.3, -0.25) is 4.72 Å². The van der Waals surface area contributed by atoms with E-state index in [1.807, 2.05) is 6.92 Å². The van der Waals surface area contributed by atoms with Gasteiger partial charge in [-0.15, -0.1) is 11.3 Å². The Morgan fingerprint density at radius 2 is 2.10 bits per heavy atom. The molecule has 21 heavy (non-hydrogen) atoms. The van der Waals surface area contributed by atoms with E-state index < -0.39 is 15.8 Å². The van der Waals surface area contributed by atoms with Gasteiger partial charge in [-0.05, 0) is 37.3 Å². The van der Waals surface area contributed by atoms with Crippen molar-refractivity contribution in [2.24, 2.45) is 5.73 Å². The molecule has 0 aliphatic rings. The average Bonchev–Trinajstić information content (AvgIpc) is 2.86. The fourth-order valence-electron chi connectivity index (χ4n) is 1.61. The van der Waals surface area contributed by atoms with E-state index in [-0.39, 0.29) is 22.0 Å². The van der Waals surface area contributed by atoms with E-state index >= 15 is 0 Å². The Morgan fingerprint density at radius 3 is 2.71 bits per heavy atom. The molecule has 1 aromatic heterocycles. The van der Waals surface area contributed by atoms with Gasteiger partial charge in [0.05, 0.1) is 17.8 Å². The summed E-state index contributed by atoms with van der Waals surface area (Å²) in [6.45, 7) is 1.92. The van der Waals surface area contributed by atoms with Crippen molar-refractivity contribution in [1.29, 1.82) is 0 Å². The minimum absolute atomic E-state index is 0.104. The maximum atomic E-state index is 13.3. The van der Waals surface area contributed by atoms with Gasteiger partial charge in [0.15, 0.2) is 0 Å². The molecule has 0 atom stereocenters. The van der Waals surface area contributed by atoms with Gasteiger partial charge < -0.3 is 5.73 Å².